The summed E-state index contributed by atoms with van der Waals surface area (Å²) in [5.41, 5.74) is 3.01. The lowest BCUT2D eigenvalue weighted by Gasteiger charge is -1.98. The van der Waals surface area contributed by atoms with Gasteiger partial charge in [0.25, 0.3) is 5.22 Å². The number of aryl methyl sites for hydroxylation is 2. The summed E-state index contributed by atoms with van der Waals surface area (Å²) >= 11 is 2.85. The summed E-state index contributed by atoms with van der Waals surface area (Å²) in [5, 5.41) is 13.1. The van der Waals surface area contributed by atoms with Crippen LogP contribution in [0.5, 0.6) is 0 Å². The maximum absolute atomic E-state index is 5.73. The van der Waals surface area contributed by atoms with Crippen molar-refractivity contribution < 1.29 is 4.42 Å². The number of rotatable bonds is 3. The molecule has 22 heavy (non-hydrogen) atoms. The molecule has 8 heteroatoms. The Balaban J connectivity index is 1.61. The van der Waals surface area contributed by atoms with Crippen LogP contribution in [0.4, 0.5) is 0 Å². The number of imidazole rings is 1. The molecule has 0 fully saturated rings. The highest BCUT2D eigenvalue weighted by Crippen LogP contribution is 2.32. The molecule has 3 heterocycles. The van der Waals surface area contributed by atoms with Gasteiger partial charge in [-0.05, 0) is 25.5 Å². The van der Waals surface area contributed by atoms with E-state index >= 15 is 0 Å². The summed E-state index contributed by atoms with van der Waals surface area (Å²) in [6.07, 6.45) is 1.89. The number of fused-ring (bicyclic) bond motifs is 1. The maximum Gasteiger partial charge on any atom is 0.284 e. The van der Waals surface area contributed by atoms with Gasteiger partial charge in [0.05, 0.1) is 11.9 Å². The van der Waals surface area contributed by atoms with Crippen LogP contribution in [0.1, 0.15) is 11.3 Å². The van der Waals surface area contributed by atoms with Crippen molar-refractivity contribution in [2.75, 3.05) is 0 Å². The van der Waals surface area contributed by atoms with Crippen LogP contribution in [0, 0.1) is 13.8 Å². The largest absolute Gasteiger partial charge is 0.411 e. The predicted molar refractivity (Wildman–Crippen MR) is 84.2 cm³/mol. The molecular formula is C14H11N5OS2. The van der Waals surface area contributed by atoms with E-state index in [4.69, 9.17) is 4.42 Å². The van der Waals surface area contributed by atoms with E-state index in [0.717, 1.165) is 26.1 Å². The van der Waals surface area contributed by atoms with Gasteiger partial charge in [-0.2, -0.15) is 0 Å². The Hall–Kier alpha value is -2.19. The fraction of sp³-hybridized carbons (Fsp3) is 0.143. The number of aromatic nitrogens is 5. The molecule has 0 aliphatic rings. The van der Waals surface area contributed by atoms with Gasteiger partial charge in [-0.25, -0.2) is 9.50 Å². The molecule has 0 aliphatic carbocycles. The Morgan fingerprint density at radius 1 is 1.18 bits per heavy atom. The Morgan fingerprint density at radius 2 is 2.05 bits per heavy atom. The zero-order valence-electron chi connectivity index (χ0n) is 11.8. The molecular weight excluding hydrogens is 318 g/mol. The van der Waals surface area contributed by atoms with Crippen molar-refractivity contribution in [3.63, 3.8) is 0 Å². The van der Waals surface area contributed by atoms with Crippen LogP contribution in [-0.2, 0) is 0 Å². The highest BCUT2D eigenvalue weighted by Gasteiger charge is 2.14. The highest BCUT2D eigenvalue weighted by atomic mass is 32.2. The number of hydrogen-bond acceptors (Lipinski definition) is 7. The lowest BCUT2D eigenvalue weighted by atomic mass is 10.1. The van der Waals surface area contributed by atoms with Gasteiger partial charge in [-0.1, -0.05) is 29.5 Å². The first-order chi connectivity index (χ1) is 10.7. The molecule has 0 atom stereocenters. The minimum absolute atomic E-state index is 0.479. The molecule has 4 aromatic rings. The second-order valence-electron chi connectivity index (χ2n) is 4.77. The molecule has 3 aromatic heterocycles. The third-order valence-electron chi connectivity index (χ3n) is 3.10. The number of nitrogens with zero attached hydrogens (tertiary/aromatic N) is 5. The summed E-state index contributed by atoms with van der Waals surface area (Å²) in [4.78, 5) is 5.24. The first-order valence-electron chi connectivity index (χ1n) is 6.59. The van der Waals surface area contributed by atoms with E-state index in [9.17, 15) is 0 Å². The van der Waals surface area contributed by atoms with Crippen molar-refractivity contribution >= 4 is 28.1 Å². The summed E-state index contributed by atoms with van der Waals surface area (Å²) < 4.78 is 8.32. The molecule has 0 unspecified atom stereocenters. The fourth-order valence-corrected chi connectivity index (χ4v) is 3.83. The monoisotopic (exact) mass is 329 g/mol. The topological polar surface area (TPSA) is 69.1 Å². The molecule has 0 radical (unpaired) electrons. The summed E-state index contributed by atoms with van der Waals surface area (Å²) in [6.45, 7) is 3.96. The lowest BCUT2D eigenvalue weighted by molar-refractivity contribution is 0.465. The molecule has 0 saturated carbocycles. The van der Waals surface area contributed by atoms with Crippen LogP contribution in [0.15, 0.2) is 44.4 Å². The second kappa shape index (κ2) is 5.22. The minimum Gasteiger partial charge on any atom is -0.411 e. The zero-order valence-corrected chi connectivity index (χ0v) is 13.5. The third kappa shape index (κ3) is 2.40. The van der Waals surface area contributed by atoms with E-state index in [1.165, 1.54) is 23.1 Å². The Kier molecular flexibility index (Phi) is 3.20. The SMILES string of the molecule is Cc1cn2nc(Sc3nnc(-c4ccccc4C)o3)sc2n1. The van der Waals surface area contributed by atoms with E-state index in [-0.39, 0.29) is 0 Å². The zero-order chi connectivity index (χ0) is 15.1. The van der Waals surface area contributed by atoms with Gasteiger partial charge < -0.3 is 4.42 Å². The van der Waals surface area contributed by atoms with Gasteiger partial charge in [0, 0.05) is 17.3 Å². The van der Waals surface area contributed by atoms with Gasteiger partial charge in [-0.3, -0.25) is 0 Å². The lowest BCUT2D eigenvalue weighted by Crippen LogP contribution is -1.81. The Bertz CT molecular complexity index is 924. The molecule has 0 N–H and O–H groups in total. The highest BCUT2D eigenvalue weighted by molar-refractivity contribution is 8.00. The molecule has 1 aromatic carbocycles. The van der Waals surface area contributed by atoms with Crippen molar-refractivity contribution in [2.45, 2.75) is 23.4 Å². The van der Waals surface area contributed by atoms with Crippen molar-refractivity contribution in [2.24, 2.45) is 0 Å². The van der Waals surface area contributed by atoms with Crippen LogP contribution in [0.2, 0.25) is 0 Å². The van der Waals surface area contributed by atoms with E-state index in [2.05, 4.69) is 20.3 Å². The van der Waals surface area contributed by atoms with Crippen molar-refractivity contribution in [3.05, 3.63) is 41.7 Å². The maximum atomic E-state index is 5.73. The average Bonchev–Trinajstić information content (AvgIpc) is 3.15. The Labute approximate surface area is 134 Å². The van der Waals surface area contributed by atoms with Gasteiger partial charge >= 0.3 is 0 Å². The molecule has 0 saturated heterocycles. The normalized spacial score (nSPS) is 11.4. The van der Waals surface area contributed by atoms with Crippen LogP contribution < -0.4 is 0 Å². The summed E-state index contributed by atoms with van der Waals surface area (Å²) in [7, 11) is 0. The smallest absolute Gasteiger partial charge is 0.284 e. The van der Waals surface area contributed by atoms with Gasteiger partial charge in [0.15, 0.2) is 4.34 Å². The fourth-order valence-electron chi connectivity index (χ4n) is 2.08. The van der Waals surface area contributed by atoms with Crippen molar-refractivity contribution in [1.29, 1.82) is 0 Å². The van der Waals surface area contributed by atoms with Crippen molar-refractivity contribution in [3.8, 4) is 11.5 Å². The predicted octanol–water partition coefficient (Wildman–Crippen LogP) is 3.61. The van der Waals surface area contributed by atoms with E-state index in [1.807, 2.05) is 44.3 Å². The number of hydrogen-bond donors (Lipinski definition) is 0. The Morgan fingerprint density at radius 3 is 2.86 bits per heavy atom. The van der Waals surface area contributed by atoms with E-state index in [0.29, 0.717) is 11.1 Å². The van der Waals surface area contributed by atoms with Gasteiger partial charge in [-0.15, -0.1) is 15.3 Å². The first-order valence-corrected chi connectivity index (χ1v) is 8.22. The third-order valence-corrected chi connectivity index (χ3v) is 4.91. The second-order valence-corrected chi connectivity index (χ2v) is 6.92. The number of benzene rings is 1. The van der Waals surface area contributed by atoms with E-state index < -0.39 is 0 Å². The van der Waals surface area contributed by atoms with Crippen LogP contribution in [0.25, 0.3) is 16.4 Å². The average molecular weight is 329 g/mol. The molecule has 0 aliphatic heterocycles. The van der Waals surface area contributed by atoms with Crippen LogP contribution in [-0.4, -0.2) is 24.8 Å². The molecule has 4 rings (SSSR count). The molecule has 0 spiro atoms. The van der Waals surface area contributed by atoms with Gasteiger partial charge in [0.1, 0.15) is 0 Å². The van der Waals surface area contributed by atoms with Crippen LogP contribution in [0.3, 0.4) is 0 Å². The standard InChI is InChI=1S/C14H11N5OS2/c1-8-5-3-4-6-10(8)11-16-17-13(20-11)22-14-18-19-7-9(2)15-12(19)21-14/h3-7H,1-2H3. The molecule has 110 valence electrons. The first kappa shape index (κ1) is 13.5. The molecule has 0 amide bonds. The molecule has 6 nitrogen and oxygen atoms in total. The van der Waals surface area contributed by atoms with Gasteiger partial charge in [0.2, 0.25) is 10.9 Å². The quantitative estimate of drug-likeness (QED) is 0.572. The molecule has 0 bridgehead atoms. The summed E-state index contributed by atoms with van der Waals surface area (Å²) in [6, 6.07) is 7.93. The minimum atomic E-state index is 0.479. The summed E-state index contributed by atoms with van der Waals surface area (Å²) in [5.74, 6) is 0.526. The van der Waals surface area contributed by atoms with Crippen LogP contribution >= 0.6 is 23.1 Å². The van der Waals surface area contributed by atoms with Crippen molar-refractivity contribution in [1.82, 2.24) is 24.8 Å². The van der Waals surface area contributed by atoms with E-state index in [1.54, 1.807) is 4.52 Å².